The Labute approximate surface area is 111 Å². The first kappa shape index (κ1) is 15.3. The summed E-state index contributed by atoms with van der Waals surface area (Å²) in [4.78, 5) is 13.8. The van der Waals surface area contributed by atoms with E-state index in [-0.39, 0.29) is 24.7 Å². The zero-order chi connectivity index (χ0) is 13.5. The van der Waals surface area contributed by atoms with Gasteiger partial charge in [0.1, 0.15) is 0 Å². The lowest BCUT2D eigenvalue weighted by molar-refractivity contribution is 0.154. The van der Waals surface area contributed by atoms with E-state index in [9.17, 15) is 9.90 Å². The molecule has 1 fully saturated rings. The third kappa shape index (κ3) is 4.84. The van der Waals surface area contributed by atoms with Gasteiger partial charge in [-0.1, -0.05) is 26.7 Å². The van der Waals surface area contributed by atoms with Gasteiger partial charge < -0.3 is 15.3 Å². The molecule has 0 aromatic carbocycles. The van der Waals surface area contributed by atoms with Gasteiger partial charge in [0, 0.05) is 12.6 Å². The highest BCUT2D eigenvalue weighted by atomic mass is 16.3. The van der Waals surface area contributed by atoms with Crippen LogP contribution in [0.1, 0.15) is 52.9 Å². The Morgan fingerprint density at radius 1 is 1.39 bits per heavy atom. The van der Waals surface area contributed by atoms with Crippen LogP contribution in [0, 0.1) is 5.92 Å². The van der Waals surface area contributed by atoms with E-state index in [0.29, 0.717) is 0 Å². The van der Waals surface area contributed by atoms with Gasteiger partial charge in [0.2, 0.25) is 0 Å². The summed E-state index contributed by atoms with van der Waals surface area (Å²) in [5.41, 5.74) is 0. The van der Waals surface area contributed by atoms with Crippen LogP contribution in [-0.4, -0.2) is 41.3 Å². The summed E-state index contributed by atoms with van der Waals surface area (Å²) < 4.78 is 0. The summed E-state index contributed by atoms with van der Waals surface area (Å²) in [5, 5.41) is 12.2. The van der Waals surface area contributed by atoms with E-state index >= 15 is 0 Å². The third-order valence-corrected chi connectivity index (χ3v) is 3.64. The average Bonchev–Trinajstić information content (AvgIpc) is 2.76. The number of rotatable bonds is 6. The van der Waals surface area contributed by atoms with Crippen molar-refractivity contribution in [1.82, 2.24) is 10.2 Å². The Morgan fingerprint density at radius 2 is 2.11 bits per heavy atom. The van der Waals surface area contributed by atoms with Gasteiger partial charge in [0.25, 0.3) is 0 Å². The minimum Gasteiger partial charge on any atom is -0.394 e. The number of aliphatic hydroxyl groups is 1. The summed E-state index contributed by atoms with van der Waals surface area (Å²) in [5.74, 6) is 0.727. The highest BCUT2D eigenvalue weighted by Crippen LogP contribution is 2.17. The van der Waals surface area contributed by atoms with E-state index < -0.39 is 0 Å². The largest absolute Gasteiger partial charge is 0.394 e. The lowest BCUT2D eigenvalue weighted by atomic mass is 10.0. The molecule has 0 saturated carbocycles. The second-order valence-electron chi connectivity index (χ2n) is 5.85. The SMILES string of the molecule is CC(C)CCCC(C)NC(=O)N1CCCC1CO. The number of likely N-dealkylation sites (tertiary alicyclic amines) is 1. The Kier molecular flexibility index (Phi) is 6.47. The van der Waals surface area contributed by atoms with Crippen molar-refractivity contribution in [3.63, 3.8) is 0 Å². The fourth-order valence-electron chi connectivity index (χ4n) is 2.49. The van der Waals surface area contributed by atoms with Gasteiger partial charge in [-0.15, -0.1) is 0 Å². The van der Waals surface area contributed by atoms with Crippen LogP contribution in [0.4, 0.5) is 4.79 Å². The summed E-state index contributed by atoms with van der Waals surface area (Å²) in [6.07, 6.45) is 5.32. The van der Waals surface area contributed by atoms with Crippen molar-refractivity contribution < 1.29 is 9.90 Å². The molecule has 106 valence electrons. The van der Waals surface area contributed by atoms with Crippen molar-refractivity contribution in [2.45, 2.75) is 65.0 Å². The molecule has 0 aromatic rings. The van der Waals surface area contributed by atoms with Gasteiger partial charge in [0.15, 0.2) is 0 Å². The van der Waals surface area contributed by atoms with E-state index in [0.717, 1.165) is 38.1 Å². The van der Waals surface area contributed by atoms with Gasteiger partial charge in [-0.05, 0) is 32.1 Å². The smallest absolute Gasteiger partial charge is 0.317 e. The van der Waals surface area contributed by atoms with Crippen LogP contribution in [0.5, 0.6) is 0 Å². The van der Waals surface area contributed by atoms with E-state index in [2.05, 4.69) is 26.1 Å². The molecule has 1 rings (SSSR count). The predicted octanol–water partition coefficient (Wildman–Crippen LogP) is 2.37. The predicted molar refractivity (Wildman–Crippen MR) is 73.5 cm³/mol. The molecule has 2 unspecified atom stereocenters. The second-order valence-corrected chi connectivity index (χ2v) is 5.85. The van der Waals surface area contributed by atoms with Crippen molar-refractivity contribution in [2.24, 2.45) is 5.92 Å². The van der Waals surface area contributed by atoms with Crippen molar-refractivity contribution in [2.75, 3.05) is 13.2 Å². The maximum Gasteiger partial charge on any atom is 0.317 e. The number of nitrogens with one attached hydrogen (secondary N) is 1. The summed E-state index contributed by atoms with van der Waals surface area (Å²) in [6.45, 7) is 7.35. The Bertz CT molecular complexity index is 256. The van der Waals surface area contributed by atoms with Crippen LogP contribution in [0.25, 0.3) is 0 Å². The van der Waals surface area contributed by atoms with Crippen molar-refractivity contribution in [3.05, 3.63) is 0 Å². The molecule has 0 aliphatic carbocycles. The van der Waals surface area contributed by atoms with Crippen LogP contribution in [0.3, 0.4) is 0 Å². The number of carbonyl (C=O) groups is 1. The van der Waals surface area contributed by atoms with Gasteiger partial charge >= 0.3 is 6.03 Å². The van der Waals surface area contributed by atoms with Gasteiger partial charge in [-0.2, -0.15) is 0 Å². The maximum absolute atomic E-state index is 12.0. The fraction of sp³-hybridized carbons (Fsp3) is 0.929. The minimum absolute atomic E-state index is 0.0106. The number of amides is 2. The van der Waals surface area contributed by atoms with Gasteiger partial charge in [-0.25, -0.2) is 4.79 Å². The lowest BCUT2D eigenvalue weighted by Gasteiger charge is -2.25. The molecule has 4 heteroatoms. The van der Waals surface area contributed by atoms with Crippen LogP contribution >= 0.6 is 0 Å². The molecule has 1 aliphatic rings. The van der Waals surface area contributed by atoms with E-state index in [1.807, 2.05) is 0 Å². The molecule has 0 radical (unpaired) electrons. The molecule has 18 heavy (non-hydrogen) atoms. The average molecular weight is 256 g/mol. The Morgan fingerprint density at radius 3 is 2.72 bits per heavy atom. The number of urea groups is 1. The van der Waals surface area contributed by atoms with E-state index in [1.165, 1.54) is 6.42 Å². The molecule has 0 aromatic heterocycles. The number of hydrogen-bond donors (Lipinski definition) is 2. The molecule has 2 amide bonds. The van der Waals surface area contributed by atoms with Crippen molar-refractivity contribution >= 4 is 6.03 Å². The molecular formula is C14H28N2O2. The fourth-order valence-corrected chi connectivity index (χ4v) is 2.49. The summed E-state index contributed by atoms with van der Waals surface area (Å²) in [7, 11) is 0. The molecule has 1 aliphatic heterocycles. The highest BCUT2D eigenvalue weighted by Gasteiger charge is 2.28. The van der Waals surface area contributed by atoms with Crippen LogP contribution < -0.4 is 5.32 Å². The van der Waals surface area contributed by atoms with Gasteiger partial charge in [-0.3, -0.25) is 0 Å². The van der Waals surface area contributed by atoms with Crippen LogP contribution in [0.2, 0.25) is 0 Å². The summed E-state index contributed by atoms with van der Waals surface area (Å²) >= 11 is 0. The quantitative estimate of drug-likeness (QED) is 0.766. The number of aliphatic hydroxyl groups excluding tert-OH is 1. The molecule has 0 bridgehead atoms. The third-order valence-electron chi connectivity index (χ3n) is 3.64. The second kappa shape index (κ2) is 7.62. The monoisotopic (exact) mass is 256 g/mol. The topological polar surface area (TPSA) is 52.6 Å². The molecule has 2 N–H and O–H groups in total. The molecule has 1 heterocycles. The minimum atomic E-state index is -0.0106. The number of nitrogens with zero attached hydrogens (tertiary/aromatic N) is 1. The first-order valence-corrected chi connectivity index (χ1v) is 7.22. The molecule has 4 nitrogen and oxygen atoms in total. The van der Waals surface area contributed by atoms with Crippen molar-refractivity contribution in [3.8, 4) is 0 Å². The Hall–Kier alpha value is -0.770. The normalized spacial score (nSPS) is 21.4. The molecule has 1 saturated heterocycles. The summed E-state index contributed by atoms with van der Waals surface area (Å²) in [6, 6.07) is 0.229. The van der Waals surface area contributed by atoms with Gasteiger partial charge in [0.05, 0.1) is 12.6 Å². The first-order valence-electron chi connectivity index (χ1n) is 7.22. The maximum atomic E-state index is 12.0. The Balaban J connectivity index is 2.26. The highest BCUT2D eigenvalue weighted by molar-refractivity contribution is 5.75. The van der Waals surface area contributed by atoms with Crippen LogP contribution in [-0.2, 0) is 0 Å². The zero-order valence-corrected chi connectivity index (χ0v) is 12.0. The molecule has 2 atom stereocenters. The van der Waals surface area contributed by atoms with E-state index in [4.69, 9.17) is 0 Å². The molecule has 0 spiro atoms. The van der Waals surface area contributed by atoms with E-state index in [1.54, 1.807) is 4.90 Å². The standard InChI is InChI=1S/C14H28N2O2/c1-11(2)6-4-7-12(3)15-14(18)16-9-5-8-13(16)10-17/h11-13,17H,4-10H2,1-3H3,(H,15,18). The number of hydrogen-bond acceptors (Lipinski definition) is 2. The van der Waals surface area contributed by atoms with Crippen LogP contribution in [0.15, 0.2) is 0 Å². The first-order chi connectivity index (χ1) is 8.54. The lowest BCUT2D eigenvalue weighted by Crippen LogP contribution is -2.47. The molecular weight excluding hydrogens is 228 g/mol. The zero-order valence-electron chi connectivity index (χ0n) is 12.0. The van der Waals surface area contributed by atoms with Crippen molar-refractivity contribution in [1.29, 1.82) is 0 Å². The number of carbonyl (C=O) groups excluding carboxylic acids is 1.